The number of rotatable bonds is 5. The Kier molecular flexibility index (Phi) is 7.35. The second-order valence-corrected chi connectivity index (χ2v) is 15.0. The summed E-state index contributed by atoms with van der Waals surface area (Å²) in [6.07, 6.45) is 0. The maximum absolute atomic E-state index is 5.09. The molecule has 0 aliphatic carbocycles. The van der Waals surface area contributed by atoms with E-state index in [9.17, 15) is 0 Å². The second kappa shape index (κ2) is 12.8. The van der Waals surface area contributed by atoms with Crippen molar-refractivity contribution in [1.82, 2.24) is 15.0 Å². The molecule has 0 spiro atoms. The molecule has 0 aliphatic rings. The van der Waals surface area contributed by atoms with Crippen molar-refractivity contribution in [2.45, 2.75) is 0 Å². The Morgan fingerprint density at radius 1 is 0.273 bits per heavy atom. The molecule has 3 nitrogen and oxygen atoms in total. The number of nitrogens with zero attached hydrogens (tertiary/aromatic N) is 3. The topological polar surface area (TPSA) is 38.7 Å². The molecule has 0 amide bonds. The van der Waals surface area contributed by atoms with Gasteiger partial charge in [0, 0.05) is 36.9 Å². The van der Waals surface area contributed by atoms with Gasteiger partial charge < -0.3 is 0 Å². The number of benzene rings is 9. The summed E-state index contributed by atoms with van der Waals surface area (Å²) in [6, 6.07) is 67.0. The van der Waals surface area contributed by atoms with Gasteiger partial charge >= 0.3 is 0 Å². The third-order valence-corrected chi connectivity index (χ3v) is 11.9. The zero-order valence-corrected chi connectivity index (χ0v) is 30.5. The molecule has 0 saturated heterocycles. The standard InChI is InChI=1S/C51H31N3S/c1-3-12-34(13-4-1)49-52-50(35-14-5-2-6-15-35)54-51(53-49)43-20-11-21-47-48(43)45-31-37(27-29-46(45)55-47)33-24-22-32(23-25-33)36-26-28-42-40-18-8-7-16-38(40)39-17-9-10-19-41(39)44(42)30-36/h1-31H. The highest BCUT2D eigenvalue weighted by molar-refractivity contribution is 7.26. The number of fused-ring (bicyclic) bond motifs is 9. The smallest absolute Gasteiger partial charge is 0.164 e. The predicted molar refractivity (Wildman–Crippen MR) is 232 cm³/mol. The fourth-order valence-corrected chi connectivity index (χ4v) is 9.18. The van der Waals surface area contributed by atoms with Crippen molar-refractivity contribution in [2.75, 3.05) is 0 Å². The van der Waals surface area contributed by atoms with Crippen LogP contribution in [0.2, 0.25) is 0 Å². The second-order valence-electron chi connectivity index (χ2n) is 14.0. The van der Waals surface area contributed by atoms with Crippen molar-refractivity contribution in [2.24, 2.45) is 0 Å². The number of hydrogen-bond donors (Lipinski definition) is 0. The van der Waals surface area contributed by atoms with Crippen LogP contribution in [0.5, 0.6) is 0 Å². The molecule has 4 heteroatoms. The molecule has 55 heavy (non-hydrogen) atoms. The zero-order chi connectivity index (χ0) is 36.3. The van der Waals surface area contributed by atoms with Crippen LogP contribution >= 0.6 is 11.3 Å². The highest BCUT2D eigenvalue weighted by Gasteiger charge is 2.18. The highest BCUT2D eigenvalue weighted by Crippen LogP contribution is 2.42. The van der Waals surface area contributed by atoms with Crippen LogP contribution in [-0.4, -0.2) is 15.0 Å². The van der Waals surface area contributed by atoms with Crippen LogP contribution in [0.3, 0.4) is 0 Å². The summed E-state index contributed by atoms with van der Waals surface area (Å²) in [7, 11) is 0. The molecule has 0 unspecified atom stereocenters. The van der Waals surface area contributed by atoms with Crippen molar-refractivity contribution in [1.29, 1.82) is 0 Å². The number of thiophene rings is 1. The first kappa shape index (κ1) is 31.5. The van der Waals surface area contributed by atoms with E-state index in [1.54, 1.807) is 11.3 Å². The molecule has 0 saturated carbocycles. The Morgan fingerprint density at radius 2 is 0.727 bits per heavy atom. The summed E-state index contributed by atoms with van der Waals surface area (Å²) < 4.78 is 2.44. The number of aromatic nitrogens is 3. The zero-order valence-electron chi connectivity index (χ0n) is 29.6. The molecule has 0 bridgehead atoms. The molecule has 9 aromatic carbocycles. The molecule has 0 N–H and O–H groups in total. The summed E-state index contributed by atoms with van der Waals surface area (Å²) in [5.74, 6) is 1.99. The SMILES string of the molecule is c1ccc(-c2nc(-c3ccccc3)nc(-c3cccc4sc5ccc(-c6ccc(-c7ccc8c9ccccc9c9ccccc9c8c7)cc6)cc5c34)n2)cc1. The summed E-state index contributed by atoms with van der Waals surface area (Å²) >= 11 is 1.81. The van der Waals surface area contributed by atoms with Crippen LogP contribution in [-0.2, 0) is 0 Å². The lowest BCUT2D eigenvalue weighted by Gasteiger charge is -2.12. The Hall–Kier alpha value is -7.01. The van der Waals surface area contributed by atoms with E-state index in [-0.39, 0.29) is 0 Å². The van der Waals surface area contributed by atoms with Gasteiger partial charge in [-0.1, -0.05) is 164 Å². The lowest BCUT2D eigenvalue weighted by Crippen LogP contribution is -2.00. The van der Waals surface area contributed by atoms with Gasteiger partial charge in [0.1, 0.15) is 0 Å². The van der Waals surface area contributed by atoms with Gasteiger partial charge in [-0.25, -0.2) is 15.0 Å². The minimum Gasteiger partial charge on any atom is -0.208 e. The molecule has 2 heterocycles. The quantitative estimate of drug-likeness (QED) is 0.166. The molecule has 0 radical (unpaired) electrons. The van der Waals surface area contributed by atoms with E-state index in [1.165, 1.54) is 74.7 Å². The van der Waals surface area contributed by atoms with Crippen molar-refractivity contribution in [3.63, 3.8) is 0 Å². The monoisotopic (exact) mass is 717 g/mol. The minimum atomic E-state index is 0.662. The van der Waals surface area contributed by atoms with Gasteiger partial charge in [-0.2, -0.15) is 0 Å². The van der Waals surface area contributed by atoms with Crippen LogP contribution in [0.15, 0.2) is 188 Å². The average molecular weight is 718 g/mol. The van der Waals surface area contributed by atoms with Gasteiger partial charge in [0.25, 0.3) is 0 Å². The molecule has 0 aliphatic heterocycles. The van der Waals surface area contributed by atoms with Gasteiger partial charge in [0.15, 0.2) is 17.5 Å². The van der Waals surface area contributed by atoms with E-state index in [0.29, 0.717) is 17.5 Å². The lowest BCUT2D eigenvalue weighted by molar-refractivity contribution is 1.08. The van der Waals surface area contributed by atoms with E-state index in [2.05, 4.69) is 152 Å². The summed E-state index contributed by atoms with van der Waals surface area (Å²) in [4.78, 5) is 15.1. The summed E-state index contributed by atoms with van der Waals surface area (Å²) in [6.45, 7) is 0. The Morgan fingerprint density at radius 3 is 1.31 bits per heavy atom. The van der Waals surface area contributed by atoms with E-state index >= 15 is 0 Å². The van der Waals surface area contributed by atoms with Gasteiger partial charge in [0.2, 0.25) is 0 Å². The predicted octanol–water partition coefficient (Wildman–Crippen LogP) is 14.0. The summed E-state index contributed by atoms with van der Waals surface area (Å²) in [5, 5.41) is 10.1. The fraction of sp³-hybridized carbons (Fsp3) is 0. The van der Waals surface area contributed by atoms with E-state index < -0.39 is 0 Å². The molecule has 0 fully saturated rings. The largest absolute Gasteiger partial charge is 0.208 e. The first-order valence-corrected chi connectivity index (χ1v) is 19.3. The van der Waals surface area contributed by atoms with Crippen LogP contribution in [0.4, 0.5) is 0 Å². The average Bonchev–Trinajstić information content (AvgIpc) is 3.65. The Balaban J connectivity index is 1.01. The van der Waals surface area contributed by atoms with Gasteiger partial charge in [-0.15, -0.1) is 11.3 Å². The van der Waals surface area contributed by atoms with E-state index in [4.69, 9.17) is 15.0 Å². The molecule has 2 aromatic heterocycles. The van der Waals surface area contributed by atoms with E-state index in [1.807, 2.05) is 36.4 Å². The van der Waals surface area contributed by atoms with Crippen molar-refractivity contribution in [3.8, 4) is 56.4 Å². The van der Waals surface area contributed by atoms with Gasteiger partial charge in [-0.3, -0.25) is 0 Å². The van der Waals surface area contributed by atoms with Crippen LogP contribution in [0, 0.1) is 0 Å². The molecular formula is C51H31N3S. The van der Waals surface area contributed by atoms with Crippen molar-refractivity contribution < 1.29 is 0 Å². The Labute approximate surface area is 321 Å². The van der Waals surface area contributed by atoms with Crippen LogP contribution in [0.1, 0.15) is 0 Å². The number of hydrogen-bond acceptors (Lipinski definition) is 4. The first-order valence-electron chi connectivity index (χ1n) is 18.5. The third-order valence-electron chi connectivity index (χ3n) is 10.7. The van der Waals surface area contributed by atoms with Gasteiger partial charge in [0.05, 0.1) is 0 Å². The lowest BCUT2D eigenvalue weighted by atomic mass is 9.91. The maximum atomic E-state index is 5.09. The van der Waals surface area contributed by atoms with Gasteiger partial charge in [-0.05, 0) is 78.8 Å². The molecule has 11 rings (SSSR count). The maximum Gasteiger partial charge on any atom is 0.164 e. The van der Waals surface area contributed by atoms with Crippen LogP contribution < -0.4 is 0 Å². The van der Waals surface area contributed by atoms with Crippen molar-refractivity contribution in [3.05, 3.63) is 188 Å². The van der Waals surface area contributed by atoms with Crippen molar-refractivity contribution >= 4 is 63.8 Å². The first-order chi connectivity index (χ1) is 27.2. The minimum absolute atomic E-state index is 0.662. The summed E-state index contributed by atoms with van der Waals surface area (Å²) in [5.41, 5.74) is 7.69. The van der Waals surface area contributed by atoms with E-state index in [0.717, 1.165) is 16.7 Å². The normalized spacial score (nSPS) is 11.6. The highest BCUT2D eigenvalue weighted by atomic mass is 32.1. The van der Waals surface area contributed by atoms with Crippen LogP contribution in [0.25, 0.3) is 109 Å². The Bertz CT molecular complexity index is 3150. The third kappa shape index (κ3) is 5.38. The molecule has 11 aromatic rings. The molecular weight excluding hydrogens is 687 g/mol. The molecule has 256 valence electrons. The fourth-order valence-electron chi connectivity index (χ4n) is 8.06. The molecule has 0 atom stereocenters.